The van der Waals surface area contributed by atoms with E-state index in [0.29, 0.717) is 6.54 Å². The summed E-state index contributed by atoms with van der Waals surface area (Å²) in [5, 5.41) is 5.95. The minimum absolute atomic E-state index is 0.0670. The second-order valence-corrected chi connectivity index (χ2v) is 4.77. The maximum atomic E-state index is 5.70. The molecule has 0 aliphatic carbocycles. The molecule has 2 rings (SSSR count). The van der Waals surface area contributed by atoms with Gasteiger partial charge in [0.25, 0.3) is 0 Å². The lowest BCUT2D eigenvalue weighted by atomic mass is 10.0. The smallest absolute Gasteiger partial charge is 0.0439 e. The van der Waals surface area contributed by atoms with Crippen molar-refractivity contribution in [3.8, 4) is 0 Å². The number of nitrogens with two attached hydrogens (primary N) is 1. The molecule has 0 unspecified atom stereocenters. The van der Waals surface area contributed by atoms with Crippen molar-refractivity contribution in [2.45, 2.75) is 19.4 Å². The number of anilines is 1. The van der Waals surface area contributed by atoms with Crippen LogP contribution in [0.4, 0.5) is 5.69 Å². The zero-order chi connectivity index (χ0) is 11.6. The molecule has 84 valence electrons. The SMILES string of the molecule is CC(C)(CN)Nc1ccc2ccccc2c1. The van der Waals surface area contributed by atoms with Gasteiger partial charge in [-0.1, -0.05) is 30.3 Å². The lowest BCUT2D eigenvalue weighted by Gasteiger charge is -2.25. The van der Waals surface area contributed by atoms with Crippen LogP contribution in [0, 0.1) is 0 Å². The van der Waals surface area contributed by atoms with E-state index in [9.17, 15) is 0 Å². The third-order valence-electron chi connectivity index (χ3n) is 2.74. The van der Waals surface area contributed by atoms with Crippen LogP contribution in [0.25, 0.3) is 10.8 Å². The van der Waals surface area contributed by atoms with Crippen LogP contribution in [-0.4, -0.2) is 12.1 Å². The molecule has 2 aromatic rings. The molecule has 0 atom stereocenters. The lowest BCUT2D eigenvalue weighted by Crippen LogP contribution is -2.39. The lowest BCUT2D eigenvalue weighted by molar-refractivity contribution is 0.580. The Bertz CT molecular complexity index is 489. The first kappa shape index (κ1) is 11.0. The van der Waals surface area contributed by atoms with Gasteiger partial charge >= 0.3 is 0 Å². The van der Waals surface area contributed by atoms with E-state index in [0.717, 1.165) is 5.69 Å². The minimum atomic E-state index is -0.0670. The Kier molecular flexibility index (Phi) is 2.84. The zero-order valence-electron chi connectivity index (χ0n) is 9.83. The van der Waals surface area contributed by atoms with Crippen molar-refractivity contribution >= 4 is 16.5 Å². The average molecular weight is 214 g/mol. The van der Waals surface area contributed by atoms with Crippen LogP contribution in [0.3, 0.4) is 0 Å². The fourth-order valence-electron chi connectivity index (χ4n) is 1.71. The van der Waals surface area contributed by atoms with Crippen LogP contribution in [0.2, 0.25) is 0 Å². The normalized spacial score (nSPS) is 11.7. The van der Waals surface area contributed by atoms with Crippen molar-refractivity contribution in [1.29, 1.82) is 0 Å². The van der Waals surface area contributed by atoms with Crippen molar-refractivity contribution in [3.05, 3.63) is 42.5 Å². The van der Waals surface area contributed by atoms with Crippen molar-refractivity contribution in [3.63, 3.8) is 0 Å². The molecule has 0 bridgehead atoms. The molecular formula is C14H18N2. The molecular weight excluding hydrogens is 196 g/mol. The summed E-state index contributed by atoms with van der Waals surface area (Å²) in [7, 11) is 0. The van der Waals surface area contributed by atoms with Gasteiger partial charge in [0.15, 0.2) is 0 Å². The van der Waals surface area contributed by atoms with E-state index in [1.165, 1.54) is 10.8 Å². The maximum Gasteiger partial charge on any atom is 0.0439 e. The van der Waals surface area contributed by atoms with Gasteiger partial charge in [0.2, 0.25) is 0 Å². The number of hydrogen-bond acceptors (Lipinski definition) is 2. The highest BCUT2D eigenvalue weighted by molar-refractivity contribution is 5.85. The van der Waals surface area contributed by atoms with Crippen LogP contribution in [0.1, 0.15) is 13.8 Å². The molecule has 0 aromatic heterocycles. The molecule has 0 fully saturated rings. The van der Waals surface area contributed by atoms with Crippen molar-refractivity contribution in [1.82, 2.24) is 0 Å². The van der Waals surface area contributed by atoms with Crippen LogP contribution in [-0.2, 0) is 0 Å². The quantitative estimate of drug-likeness (QED) is 0.824. The summed E-state index contributed by atoms with van der Waals surface area (Å²) >= 11 is 0. The average Bonchev–Trinajstić information content (AvgIpc) is 2.28. The van der Waals surface area contributed by atoms with Gasteiger partial charge in [-0.2, -0.15) is 0 Å². The molecule has 3 N–H and O–H groups in total. The highest BCUT2D eigenvalue weighted by atomic mass is 15.0. The Hall–Kier alpha value is -1.54. The number of hydrogen-bond donors (Lipinski definition) is 2. The minimum Gasteiger partial charge on any atom is -0.379 e. The molecule has 2 nitrogen and oxygen atoms in total. The summed E-state index contributed by atoms with van der Waals surface area (Å²) in [5.41, 5.74) is 6.76. The Labute approximate surface area is 96.5 Å². The Morgan fingerprint density at radius 3 is 2.44 bits per heavy atom. The number of rotatable bonds is 3. The highest BCUT2D eigenvalue weighted by Crippen LogP contribution is 2.21. The maximum absolute atomic E-state index is 5.70. The van der Waals surface area contributed by atoms with Crippen molar-refractivity contribution < 1.29 is 0 Å². The second kappa shape index (κ2) is 4.14. The van der Waals surface area contributed by atoms with Gasteiger partial charge in [-0.05, 0) is 36.8 Å². The summed E-state index contributed by atoms with van der Waals surface area (Å²) in [6, 6.07) is 14.7. The van der Waals surface area contributed by atoms with Gasteiger partial charge in [-0.25, -0.2) is 0 Å². The first-order chi connectivity index (χ1) is 7.61. The van der Waals surface area contributed by atoms with E-state index >= 15 is 0 Å². The van der Waals surface area contributed by atoms with E-state index in [1.54, 1.807) is 0 Å². The molecule has 16 heavy (non-hydrogen) atoms. The van der Waals surface area contributed by atoms with Gasteiger partial charge in [0.1, 0.15) is 0 Å². The Balaban J connectivity index is 2.33. The van der Waals surface area contributed by atoms with E-state index < -0.39 is 0 Å². The fraction of sp³-hybridized carbons (Fsp3) is 0.286. The van der Waals surface area contributed by atoms with Crippen molar-refractivity contribution in [2.75, 3.05) is 11.9 Å². The molecule has 2 aromatic carbocycles. The molecule has 0 spiro atoms. The summed E-state index contributed by atoms with van der Waals surface area (Å²) in [5.74, 6) is 0. The topological polar surface area (TPSA) is 38.0 Å². The van der Waals surface area contributed by atoms with E-state index in [-0.39, 0.29) is 5.54 Å². The van der Waals surface area contributed by atoms with E-state index in [2.05, 4.69) is 61.6 Å². The van der Waals surface area contributed by atoms with Crippen LogP contribution in [0.5, 0.6) is 0 Å². The first-order valence-electron chi connectivity index (χ1n) is 5.58. The number of benzene rings is 2. The van der Waals surface area contributed by atoms with Gasteiger partial charge in [-0.15, -0.1) is 0 Å². The Morgan fingerprint density at radius 2 is 1.75 bits per heavy atom. The number of fused-ring (bicyclic) bond motifs is 1. The predicted molar refractivity (Wildman–Crippen MR) is 70.7 cm³/mol. The zero-order valence-corrected chi connectivity index (χ0v) is 9.83. The van der Waals surface area contributed by atoms with Crippen LogP contribution >= 0.6 is 0 Å². The molecule has 0 radical (unpaired) electrons. The summed E-state index contributed by atoms with van der Waals surface area (Å²) in [6.45, 7) is 4.81. The molecule has 0 heterocycles. The third kappa shape index (κ3) is 2.34. The van der Waals surface area contributed by atoms with Gasteiger partial charge in [-0.3, -0.25) is 0 Å². The third-order valence-corrected chi connectivity index (χ3v) is 2.74. The monoisotopic (exact) mass is 214 g/mol. The molecule has 0 saturated heterocycles. The first-order valence-corrected chi connectivity index (χ1v) is 5.58. The summed E-state index contributed by atoms with van der Waals surface area (Å²) in [4.78, 5) is 0. The van der Waals surface area contributed by atoms with Crippen LogP contribution in [0.15, 0.2) is 42.5 Å². The molecule has 0 aliphatic rings. The fourth-order valence-corrected chi connectivity index (χ4v) is 1.71. The van der Waals surface area contributed by atoms with E-state index in [1.807, 2.05) is 0 Å². The number of nitrogens with one attached hydrogen (secondary N) is 1. The molecule has 0 amide bonds. The summed E-state index contributed by atoms with van der Waals surface area (Å²) in [6.07, 6.45) is 0. The predicted octanol–water partition coefficient (Wildman–Crippen LogP) is 2.99. The molecule has 2 heteroatoms. The van der Waals surface area contributed by atoms with Gasteiger partial charge < -0.3 is 11.1 Å². The second-order valence-electron chi connectivity index (χ2n) is 4.77. The molecule has 0 aliphatic heterocycles. The highest BCUT2D eigenvalue weighted by Gasteiger charge is 2.14. The van der Waals surface area contributed by atoms with E-state index in [4.69, 9.17) is 5.73 Å². The van der Waals surface area contributed by atoms with Gasteiger partial charge in [0.05, 0.1) is 0 Å². The summed E-state index contributed by atoms with van der Waals surface area (Å²) < 4.78 is 0. The molecule has 0 saturated carbocycles. The Morgan fingerprint density at radius 1 is 1.06 bits per heavy atom. The van der Waals surface area contributed by atoms with Crippen molar-refractivity contribution in [2.24, 2.45) is 5.73 Å². The van der Waals surface area contributed by atoms with Crippen LogP contribution < -0.4 is 11.1 Å². The largest absolute Gasteiger partial charge is 0.379 e. The standard InChI is InChI=1S/C14H18N2/c1-14(2,10-15)16-13-8-7-11-5-3-4-6-12(11)9-13/h3-9,16H,10,15H2,1-2H3. The van der Waals surface area contributed by atoms with Gasteiger partial charge in [0, 0.05) is 17.8 Å².